The Balaban J connectivity index is 1.66. The first kappa shape index (κ1) is 21.0. The van der Waals surface area contributed by atoms with Crippen molar-refractivity contribution < 1.29 is 19.0 Å². The summed E-state index contributed by atoms with van der Waals surface area (Å²) in [4.78, 5) is 2.13. The summed E-state index contributed by atoms with van der Waals surface area (Å²) >= 11 is 0. The van der Waals surface area contributed by atoms with E-state index < -0.39 is 6.10 Å². The van der Waals surface area contributed by atoms with Gasteiger partial charge in [-0.05, 0) is 49.2 Å². The maximum Gasteiger partial charge on any atom is 0.123 e. The molecule has 0 aliphatic carbocycles. The summed E-state index contributed by atoms with van der Waals surface area (Å²) in [6, 6.07) is 17.7. The van der Waals surface area contributed by atoms with Crippen molar-refractivity contribution >= 4 is 0 Å². The highest BCUT2D eigenvalue weighted by molar-refractivity contribution is 5.38. The number of methoxy groups -OCH3 is 1. The van der Waals surface area contributed by atoms with E-state index in [4.69, 9.17) is 13.9 Å². The molecule has 0 saturated heterocycles. The third-order valence-corrected chi connectivity index (χ3v) is 5.00. The third kappa shape index (κ3) is 5.86. The molecule has 0 radical (unpaired) electrons. The molecule has 3 rings (SSSR count). The second kappa shape index (κ2) is 10.1. The van der Waals surface area contributed by atoms with Gasteiger partial charge in [0.1, 0.15) is 30.0 Å². The lowest BCUT2D eigenvalue weighted by Crippen LogP contribution is -2.35. The topological polar surface area (TPSA) is 55.1 Å². The van der Waals surface area contributed by atoms with Gasteiger partial charge in [-0.15, -0.1) is 0 Å². The molecule has 0 amide bonds. The average molecular weight is 395 g/mol. The van der Waals surface area contributed by atoms with Crippen LogP contribution < -0.4 is 9.47 Å². The van der Waals surface area contributed by atoms with Crippen molar-refractivity contribution in [2.45, 2.75) is 33.0 Å². The van der Waals surface area contributed by atoms with Gasteiger partial charge in [0.05, 0.1) is 19.9 Å². The number of para-hydroxylation sites is 1. The summed E-state index contributed by atoms with van der Waals surface area (Å²) in [6.45, 7) is 5.98. The number of nitrogens with zero attached hydrogens (tertiary/aromatic N) is 1. The van der Waals surface area contributed by atoms with Crippen molar-refractivity contribution in [2.75, 3.05) is 20.3 Å². The fraction of sp³-hybridized carbons (Fsp3) is 0.333. The van der Waals surface area contributed by atoms with Gasteiger partial charge in [0.2, 0.25) is 0 Å². The van der Waals surface area contributed by atoms with Crippen molar-refractivity contribution in [2.24, 2.45) is 0 Å². The van der Waals surface area contributed by atoms with E-state index in [0.29, 0.717) is 19.6 Å². The maximum absolute atomic E-state index is 10.6. The predicted molar refractivity (Wildman–Crippen MR) is 113 cm³/mol. The number of benzene rings is 2. The molecule has 29 heavy (non-hydrogen) atoms. The Bertz CT molecular complexity index is 892. The molecule has 1 heterocycles. The van der Waals surface area contributed by atoms with Gasteiger partial charge in [-0.2, -0.15) is 0 Å². The molecule has 2 aromatic carbocycles. The summed E-state index contributed by atoms with van der Waals surface area (Å²) in [5.74, 6) is 2.49. The SMILES string of the molecule is COc1ccccc1CN(Cc1ccco1)CC(O)COc1cccc(C)c1C. The number of aryl methyl sites for hydroxylation is 1. The number of hydrogen-bond donors (Lipinski definition) is 1. The van der Waals surface area contributed by atoms with E-state index in [1.54, 1.807) is 13.4 Å². The Kier molecular flexibility index (Phi) is 7.33. The van der Waals surface area contributed by atoms with Crippen LogP contribution in [0.5, 0.6) is 11.5 Å². The minimum atomic E-state index is -0.639. The smallest absolute Gasteiger partial charge is 0.123 e. The second-order valence-corrected chi connectivity index (χ2v) is 7.22. The first-order valence-electron chi connectivity index (χ1n) is 9.80. The highest BCUT2D eigenvalue weighted by atomic mass is 16.5. The number of aliphatic hydroxyl groups is 1. The summed E-state index contributed by atoms with van der Waals surface area (Å²) in [5, 5.41) is 10.6. The van der Waals surface area contributed by atoms with Crippen LogP contribution >= 0.6 is 0 Å². The van der Waals surface area contributed by atoms with Crippen molar-refractivity contribution in [3.05, 3.63) is 83.3 Å². The van der Waals surface area contributed by atoms with Gasteiger partial charge in [-0.1, -0.05) is 30.3 Å². The lowest BCUT2D eigenvalue weighted by molar-refractivity contribution is 0.0599. The Morgan fingerprint density at radius 1 is 0.966 bits per heavy atom. The second-order valence-electron chi connectivity index (χ2n) is 7.22. The lowest BCUT2D eigenvalue weighted by atomic mass is 10.1. The highest BCUT2D eigenvalue weighted by Gasteiger charge is 2.17. The van der Waals surface area contributed by atoms with Crippen LogP contribution in [0, 0.1) is 13.8 Å². The molecule has 1 atom stereocenters. The van der Waals surface area contributed by atoms with E-state index in [1.807, 2.05) is 55.5 Å². The van der Waals surface area contributed by atoms with E-state index in [-0.39, 0.29) is 6.61 Å². The Morgan fingerprint density at radius 3 is 2.52 bits per heavy atom. The van der Waals surface area contributed by atoms with Crippen molar-refractivity contribution in [1.82, 2.24) is 4.90 Å². The highest BCUT2D eigenvalue weighted by Crippen LogP contribution is 2.22. The van der Waals surface area contributed by atoms with Gasteiger partial charge in [0.15, 0.2) is 0 Å². The predicted octanol–water partition coefficient (Wildman–Crippen LogP) is 4.35. The van der Waals surface area contributed by atoms with Crippen LogP contribution in [0.1, 0.15) is 22.5 Å². The molecule has 1 aromatic heterocycles. The Hall–Kier alpha value is -2.76. The van der Waals surface area contributed by atoms with E-state index >= 15 is 0 Å². The molecule has 5 nitrogen and oxygen atoms in total. The largest absolute Gasteiger partial charge is 0.496 e. The van der Waals surface area contributed by atoms with E-state index in [1.165, 1.54) is 5.56 Å². The molecule has 0 bridgehead atoms. The van der Waals surface area contributed by atoms with Crippen LogP contribution in [0.25, 0.3) is 0 Å². The molecular weight excluding hydrogens is 366 g/mol. The molecule has 3 aromatic rings. The van der Waals surface area contributed by atoms with Crippen molar-refractivity contribution in [3.63, 3.8) is 0 Å². The van der Waals surface area contributed by atoms with Crippen LogP contribution in [-0.4, -0.2) is 36.4 Å². The fourth-order valence-electron chi connectivity index (χ4n) is 3.30. The van der Waals surface area contributed by atoms with Gasteiger partial charge in [-0.3, -0.25) is 4.90 Å². The van der Waals surface area contributed by atoms with E-state index in [9.17, 15) is 5.11 Å². The number of ether oxygens (including phenoxy) is 2. The lowest BCUT2D eigenvalue weighted by Gasteiger charge is -2.25. The van der Waals surface area contributed by atoms with Crippen LogP contribution in [0.15, 0.2) is 65.3 Å². The molecule has 0 saturated carbocycles. The average Bonchev–Trinajstić information content (AvgIpc) is 3.22. The van der Waals surface area contributed by atoms with Gasteiger partial charge in [-0.25, -0.2) is 0 Å². The van der Waals surface area contributed by atoms with Crippen molar-refractivity contribution in [3.8, 4) is 11.5 Å². The summed E-state index contributed by atoms with van der Waals surface area (Å²) < 4.78 is 16.9. The van der Waals surface area contributed by atoms with Gasteiger partial charge < -0.3 is 19.0 Å². The summed E-state index contributed by atoms with van der Waals surface area (Å²) in [5.41, 5.74) is 3.33. The molecule has 5 heteroatoms. The van der Waals surface area contributed by atoms with Crippen LogP contribution in [0.3, 0.4) is 0 Å². The number of rotatable bonds is 10. The zero-order valence-corrected chi connectivity index (χ0v) is 17.3. The monoisotopic (exact) mass is 395 g/mol. The molecule has 154 valence electrons. The van der Waals surface area contributed by atoms with Gasteiger partial charge in [0, 0.05) is 18.7 Å². The van der Waals surface area contributed by atoms with Crippen LogP contribution in [0.2, 0.25) is 0 Å². The van der Waals surface area contributed by atoms with E-state index in [2.05, 4.69) is 17.9 Å². The first-order chi connectivity index (χ1) is 14.1. The standard InChI is InChI=1S/C24H29NO4/c1-18-8-6-12-23(19(18)2)29-17-21(26)15-25(16-22-10-7-13-28-22)14-20-9-4-5-11-24(20)27-3/h4-13,21,26H,14-17H2,1-3H3. The van der Waals surface area contributed by atoms with Gasteiger partial charge in [0.25, 0.3) is 0 Å². The Morgan fingerprint density at radius 2 is 1.76 bits per heavy atom. The normalized spacial score (nSPS) is 12.2. The Labute approximate surface area is 172 Å². The molecule has 0 fully saturated rings. The quantitative estimate of drug-likeness (QED) is 0.553. The molecule has 1 N–H and O–H groups in total. The first-order valence-corrected chi connectivity index (χ1v) is 9.80. The zero-order valence-electron chi connectivity index (χ0n) is 17.3. The van der Waals surface area contributed by atoms with Crippen LogP contribution in [-0.2, 0) is 13.1 Å². The van der Waals surface area contributed by atoms with Crippen molar-refractivity contribution in [1.29, 1.82) is 0 Å². The molecule has 0 aliphatic heterocycles. The fourth-order valence-corrected chi connectivity index (χ4v) is 3.30. The minimum absolute atomic E-state index is 0.227. The molecule has 0 aliphatic rings. The third-order valence-electron chi connectivity index (χ3n) is 5.00. The van der Waals surface area contributed by atoms with E-state index in [0.717, 1.165) is 28.4 Å². The zero-order chi connectivity index (χ0) is 20.6. The maximum atomic E-state index is 10.6. The summed E-state index contributed by atoms with van der Waals surface area (Å²) in [7, 11) is 1.67. The summed E-state index contributed by atoms with van der Waals surface area (Å²) in [6.07, 6.45) is 1.02. The molecular formula is C24H29NO4. The van der Waals surface area contributed by atoms with Gasteiger partial charge >= 0.3 is 0 Å². The number of aliphatic hydroxyl groups excluding tert-OH is 1. The molecule has 1 unspecified atom stereocenters. The number of furan rings is 1. The van der Waals surface area contributed by atoms with Crippen LogP contribution in [0.4, 0.5) is 0 Å². The molecule has 0 spiro atoms. The number of hydrogen-bond acceptors (Lipinski definition) is 5. The minimum Gasteiger partial charge on any atom is -0.496 e.